The maximum atomic E-state index is 8.72. The molecule has 0 heterocycles. The van der Waals surface area contributed by atoms with Crippen LogP contribution in [0.5, 0.6) is 0 Å². The molecule has 0 atom stereocenters. The highest BCUT2D eigenvalue weighted by Crippen LogP contribution is 1.96. The van der Waals surface area contributed by atoms with Crippen LogP contribution >= 0.6 is 0 Å². The first-order valence-electron chi connectivity index (χ1n) is 4.75. The van der Waals surface area contributed by atoms with Crippen molar-refractivity contribution in [1.82, 2.24) is 4.90 Å². The summed E-state index contributed by atoms with van der Waals surface area (Å²) < 4.78 is 0. The average Bonchev–Trinajstić information content (AvgIpc) is 2.16. The maximum Gasteiger partial charge on any atom is 0.0558 e. The molecule has 0 aromatic carbocycles. The molecular formula is C9H20N2O2. The normalized spacial score (nSPS) is 12.5. The summed E-state index contributed by atoms with van der Waals surface area (Å²) in [5, 5.41) is 20.2. The van der Waals surface area contributed by atoms with Crippen molar-refractivity contribution in [3.05, 3.63) is 0 Å². The Balaban J connectivity index is 3.48. The van der Waals surface area contributed by atoms with Crippen LogP contribution in [-0.2, 0) is 0 Å². The molecule has 0 unspecified atom stereocenters. The van der Waals surface area contributed by atoms with E-state index in [0.717, 1.165) is 38.2 Å². The fourth-order valence-electron chi connectivity index (χ4n) is 1.18. The highest BCUT2D eigenvalue weighted by Gasteiger charge is 2.01. The fraction of sp³-hybridized carbons (Fsp3) is 0.889. The van der Waals surface area contributed by atoms with E-state index >= 15 is 0 Å². The fourth-order valence-corrected chi connectivity index (χ4v) is 1.18. The predicted molar refractivity (Wildman–Crippen MR) is 53.3 cm³/mol. The van der Waals surface area contributed by atoms with Crippen molar-refractivity contribution in [2.75, 3.05) is 26.2 Å². The summed E-state index contributed by atoms with van der Waals surface area (Å²) in [6.07, 6.45) is 1.79. The molecule has 0 amide bonds. The molecule has 0 rings (SSSR count). The summed E-state index contributed by atoms with van der Waals surface area (Å²) in [5.41, 5.74) is 0.764. The molecule has 78 valence electrons. The molecule has 0 saturated carbocycles. The lowest BCUT2D eigenvalue weighted by Crippen LogP contribution is -2.27. The van der Waals surface area contributed by atoms with Crippen LogP contribution in [0.25, 0.3) is 0 Å². The van der Waals surface area contributed by atoms with Gasteiger partial charge in [0.25, 0.3) is 0 Å². The molecule has 13 heavy (non-hydrogen) atoms. The minimum atomic E-state index is 0.209. The third kappa shape index (κ3) is 6.54. The van der Waals surface area contributed by atoms with Gasteiger partial charge in [-0.3, -0.25) is 0 Å². The van der Waals surface area contributed by atoms with E-state index in [4.69, 9.17) is 10.3 Å². The first-order chi connectivity index (χ1) is 6.24. The molecule has 2 N–H and O–H groups in total. The second kappa shape index (κ2) is 8.01. The molecule has 0 bridgehead atoms. The summed E-state index contributed by atoms with van der Waals surface area (Å²) in [6, 6.07) is 0. The van der Waals surface area contributed by atoms with Gasteiger partial charge in [-0.05, 0) is 32.9 Å². The van der Waals surface area contributed by atoms with Gasteiger partial charge in [-0.1, -0.05) is 12.1 Å². The Hall–Kier alpha value is -0.610. The minimum Gasteiger partial charge on any atom is -0.411 e. The third-order valence-electron chi connectivity index (χ3n) is 2.05. The highest BCUT2D eigenvalue weighted by atomic mass is 16.4. The molecular weight excluding hydrogens is 168 g/mol. The Morgan fingerprint density at radius 1 is 1.38 bits per heavy atom. The van der Waals surface area contributed by atoms with Gasteiger partial charge in [0.2, 0.25) is 0 Å². The van der Waals surface area contributed by atoms with E-state index in [2.05, 4.69) is 17.0 Å². The van der Waals surface area contributed by atoms with Crippen molar-refractivity contribution in [3.8, 4) is 0 Å². The lowest BCUT2D eigenvalue weighted by molar-refractivity contribution is 0.201. The molecule has 0 aliphatic rings. The largest absolute Gasteiger partial charge is 0.411 e. The van der Waals surface area contributed by atoms with Crippen LogP contribution in [0.15, 0.2) is 5.16 Å². The summed E-state index contributed by atoms with van der Waals surface area (Å²) in [5.74, 6) is 0. The van der Waals surface area contributed by atoms with Crippen LogP contribution < -0.4 is 0 Å². The minimum absolute atomic E-state index is 0.209. The molecule has 0 saturated heterocycles. The van der Waals surface area contributed by atoms with Crippen LogP contribution in [0.1, 0.15) is 26.7 Å². The summed E-state index contributed by atoms with van der Waals surface area (Å²) in [6.45, 7) is 6.72. The monoisotopic (exact) mass is 188 g/mol. The number of aliphatic hydroxyl groups is 1. The van der Waals surface area contributed by atoms with Gasteiger partial charge < -0.3 is 15.2 Å². The molecule has 0 aromatic heterocycles. The molecule has 4 nitrogen and oxygen atoms in total. The highest BCUT2D eigenvalue weighted by molar-refractivity contribution is 5.81. The van der Waals surface area contributed by atoms with Gasteiger partial charge in [-0.2, -0.15) is 0 Å². The van der Waals surface area contributed by atoms with Crippen LogP contribution in [0.2, 0.25) is 0 Å². The van der Waals surface area contributed by atoms with E-state index in [1.54, 1.807) is 0 Å². The third-order valence-corrected chi connectivity index (χ3v) is 2.05. The Labute approximate surface area is 79.9 Å². The first kappa shape index (κ1) is 12.4. The Bertz CT molecular complexity index is 149. The number of hydrogen-bond donors (Lipinski definition) is 2. The van der Waals surface area contributed by atoms with E-state index in [1.807, 2.05) is 6.92 Å². The zero-order valence-electron chi connectivity index (χ0n) is 8.53. The zero-order chi connectivity index (χ0) is 10.1. The number of nitrogens with zero attached hydrogens (tertiary/aromatic N) is 2. The van der Waals surface area contributed by atoms with E-state index in [-0.39, 0.29) is 6.61 Å². The van der Waals surface area contributed by atoms with E-state index < -0.39 is 0 Å². The van der Waals surface area contributed by atoms with E-state index in [9.17, 15) is 0 Å². The number of hydrogen-bond acceptors (Lipinski definition) is 4. The molecule has 0 aliphatic heterocycles. The van der Waals surface area contributed by atoms with Gasteiger partial charge >= 0.3 is 0 Å². The van der Waals surface area contributed by atoms with Crippen LogP contribution in [0.4, 0.5) is 0 Å². The van der Waals surface area contributed by atoms with Gasteiger partial charge in [-0.25, -0.2) is 0 Å². The Kier molecular flexibility index (Phi) is 7.63. The Morgan fingerprint density at radius 2 is 2.08 bits per heavy atom. The first-order valence-corrected chi connectivity index (χ1v) is 4.75. The molecule has 4 heteroatoms. The van der Waals surface area contributed by atoms with Crippen molar-refractivity contribution in [3.63, 3.8) is 0 Å². The van der Waals surface area contributed by atoms with E-state index in [1.165, 1.54) is 0 Å². The Morgan fingerprint density at radius 3 is 2.54 bits per heavy atom. The van der Waals surface area contributed by atoms with Crippen molar-refractivity contribution in [2.24, 2.45) is 5.16 Å². The standard InChI is InChI=1S/C9H20N2O2/c1-3-11(7-8-12)6-4-5-9(2)10-13/h12-13H,3-8H2,1-2H3/b10-9+. The lowest BCUT2D eigenvalue weighted by Gasteiger charge is -2.18. The number of oxime groups is 1. The van der Waals surface area contributed by atoms with Crippen LogP contribution in [0, 0.1) is 0 Å². The van der Waals surface area contributed by atoms with Crippen molar-refractivity contribution in [2.45, 2.75) is 26.7 Å². The molecule has 0 fully saturated rings. The lowest BCUT2D eigenvalue weighted by atomic mass is 10.2. The molecule has 0 spiro atoms. The van der Waals surface area contributed by atoms with Gasteiger partial charge in [0.1, 0.15) is 0 Å². The van der Waals surface area contributed by atoms with Crippen molar-refractivity contribution < 1.29 is 10.3 Å². The summed E-state index contributed by atoms with van der Waals surface area (Å²) in [4.78, 5) is 2.17. The zero-order valence-corrected chi connectivity index (χ0v) is 8.53. The number of rotatable bonds is 7. The topological polar surface area (TPSA) is 56.1 Å². The predicted octanol–water partition coefficient (Wildman–Crippen LogP) is 0.931. The SMILES string of the molecule is CCN(CCO)CCC/C(C)=N/O. The molecule has 0 radical (unpaired) electrons. The molecule has 0 aromatic rings. The number of likely N-dealkylation sites (N-methyl/N-ethyl adjacent to an activating group) is 1. The van der Waals surface area contributed by atoms with Crippen LogP contribution in [-0.4, -0.2) is 47.2 Å². The second-order valence-electron chi connectivity index (χ2n) is 3.10. The van der Waals surface area contributed by atoms with Gasteiger partial charge in [-0.15, -0.1) is 0 Å². The van der Waals surface area contributed by atoms with Crippen LogP contribution in [0.3, 0.4) is 0 Å². The smallest absolute Gasteiger partial charge is 0.0558 e. The quantitative estimate of drug-likeness (QED) is 0.355. The molecule has 0 aliphatic carbocycles. The average molecular weight is 188 g/mol. The maximum absolute atomic E-state index is 8.72. The second-order valence-corrected chi connectivity index (χ2v) is 3.10. The van der Waals surface area contributed by atoms with Gasteiger partial charge in [0.05, 0.1) is 12.3 Å². The number of aliphatic hydroxyl groups excluding tert-OH is 1. The summed E-state index contributed by atoms with van der Waals surface area (Å²) >= 11 is 0. The summed E-state index contributed by atoms with van der Waals surface area (Å²) in [7, 11) is 0. The van der Waals surface area contributed by atoms with Gasteiger partial charge in [0.15, 0.2) is 0 Å². The van der Waals surface area contributed by atoms with Crippen molar-refractivity contribution >= 4 is 5.71 Å². The van der Waals surface area contributed by atoms with E-state index in [0.29, 0.717) is 0 Å². The van der Waals surface area contributed by atoms with Crippen molar-refractivity contribution in [1.29, 1.82) is 0 Å². The van der Waals surface area contributed by atoms with Gasteiger partial charge in [0, 0.05) is 6.54 Å².